The Morgan fingerprint density at radius 1 is 1.33 bits per heavy atom. The van der Waals surface area contributed by atoms with Crippen molar-refractivity contribution in [3.05, 3.63) is 41.9 Å². The Hall–Kier alpha value is -2.76. The molecule has 0 saturated carbocycles. The van der Waals surface area contributed by atoms with Crippen LogP contribution in [0.5, 0.6) is 5.75 Å². The molecule has 0 atom stereocenters. The molecule has 0 aliphatic carbocycles. The van der Waals surface area contributed by atoms with Gasteiger partial charge >= 0.3 is 5.97 Å². The molecule has 3 rings (SSSR count). The monoisotopic (exact) mass is 285 g/mol. The molecule has 0 amide bonds. The molecule has 0 fully saturated rings. The number of hydrogen-bond donors (Lipinski definition) is 1. The maximum atomic E-state index is 11.1. The molecule has 6 nitrogen and oxygen atoms in total. The number of aryl methyl sites for hydroxylation is 2. The van der Waals surface area contributed by atoms with Gasteiger partial charge in [0.15, 0.2) is 0 Å². The number of fused-ring (bicyclic) bond motifs is 1. The average Bonchev–Trinajstić information content (AvgIpc) is 2.99. The van der Waals surface area contributed by atoms with Crippen molar-refractivity contribution in [1.82, 2.24) is 14.0 Å². The van der Waals surface area contributed by atoms with Gasteiger partial charge in [-0.15, -0.1) is 0 Å². The quantitative estimate of drug-likeness (QED) is 0.802. The zero-order valence-corrected chi connectivity index (χ0v) is 12.0. The SMILES string of the molecule is COc1ccc(C)cc1-c1cn2cc(C(=O)O)n(C)c2n1. The molecule has 6 heteroatoms. The molecule has 0 spiro atoms. The fraction of sp³-hybridized carbons (Fsp3) is 0.200. The number of carbonyl (C=O) groups is 1. The van der Waals surface area contributed by atoms with Crippen molar-refractivity contribution in [2.45, 2.75) is 6.92 Å². The van der Waals surface area contributed by atoms with Crippen LogP contribution >= 0.6 is 0 Å². The van der Waals surface area contributed by atoms with Crippen LogP contribution in [0.25, 0.3) is 17.0 Å². The molecule has 0 unspecified atom stereocenters. The summed E-state index contributed by atoms with van der Waals surface area (Å²) >= 11 is 0. The van der Waals surface area contributed by atoms with Crippen molar-refractivity contribution in [3.63, 3.8) is 0 Å². The topological polar surface area (TPSA) is 68.8 Å². The summed E-state index contributed by atoms with van der Waals surface area (Å²) in [7, 11) is 3.30. The lowest BCUT2D eigenvalue weighted by Crippen LogP contribution is -2.04. The number of ether oxygens (including phenoxy) is 1. The highest BCUT2D eigenvalue weighted by Crippen LogP contribution is 2.30. The molecule has 1 aromatic carbocycles. The number of methoxy groups -OCH3 is 1. The Morgan fingerprint density at radius 3 is 2.71 bits per heavy atom. The van der Waals surface area contributed by atoms with E-state index in [1.165, 1.54) is 0 Å². The summed E-state index contributed by atoms with van der Waals surface area (Å²) in [6.45, 7) is 2.00. The van der Waals surface area contributed by atoms with E-state index in [2.05, 4.69) is 4.98 Å². The summed E-state index contributed by atoms with van der Waals surface area (Å²) in [6.07, 6.45) is 3.36. The number of nitrogens with zero attached hydrogens (tertiary/aromatic N) is 3. The first kappa shape index (κ1) is 13.2. The standard InChI is InChI=1S/C15H15N3O3/c1-9-4-5-13(21-3)10(6-9)11-7-18-8-12(14(19)20)17(2)15(18)16-11/h4-8H,1-3H3,(H,19,20). The summed E-state index contributed by atoms with van der Waals surface area (Å²) in [5.41, 5.74) is 2.94. The summed E-state index contributed by atoms with van der Waals surface area (Å²) in [6, 6.07) is 5.87. The third-order valence-corrected chi connectivity index (χ3v) is 3.49. The fourth-order valence-corrected chi connectivity index (χ4v) is 2.40. The normalized spacial score (nSPS) is 11.0. The second-order valence-corrected chi connectivity index (χ2v) is 4.92. The second kappa shape index (κ2) is 4.66. The van der Waals surface area contributed by atoms with Gasteiger partial charge in [-0.05, 0) is 19.1 Å². The van der Waals surface area contributed by atoms with E-state index >= 15 is 0 Å². The molecule has 0 aliphatic heterocycles. The molecule has 2 aromatic heterocycles. The van der Waals surface area contributed by atoms with Gasteiger partial charge < -0.3 is 14.4 Å². The van der Waals surface area contributed by atoms with Crippen LogP contribution in [-0.2, 0) is 7.05 Å². The molecule has 21 heavy (non-hydrogen) atoms. The molecule has 3 aromatic rings. The molecular weight excluding hydrogens is 270 g/mol. The van der Waals surface area contributed by atoms with E-state index in [1.807, 2.05) is 25.1 Å². The number of benzene rings is 1. The van der Waals surface area contributed by atoms with Crippen molar-refractivity contribution in [3.8, 4) is 17.0 Å². The van der Waals surface area contributed by atoms with E-state index in [0.29, 0.717) is 5.78 Å². The highest BCUT2D eigenvalue weighted by molar-refractivity contribution is 5.86. The Balaban J connectivity index is 2.18. The van der Waals surface area contributed by atoms with E-state index in [1.54, 1.807) is 35.5 Å². The third kappa shape index (κ3) is 2.05. The molecule has 0 bridgehead atoms. The van der Waals surface area contributed by atoms with Crippen LogP contribution in [0.2, 0.25) is 0 Å². The minimum Gasteiger partial charge on any atom is -0.496 e. The number of imidazole rings is 2. The number of aromatic carboxylic acids is 1. The summed E-state index contributed by atoms with van der Waals surface area (Å²) in [4.78, 5) is 15.6. The van der Waals surface area contributed by atoms with Crippen molar-refractivity contribution < 1.29 is 14.6 Å². The molecular formula is C15H15N3O3. The number of hydrogen-bond acceptors (Lipinski definition) is 3. The van der Waals surface area contributed by atoms with Crippen LogP contribution < -0.4 is 4.74 Å². The van der Waals surface area contributed by atoms with E-state index in [-0.39, 0.29) is 5.69 Å². The van der Waals surface area contributed by atoms with E-state index in [9.17, 15) is 4.79 Å². The lowest BCUT2D eigenvalue weighted by molar-refractivity contribution is 0.0686. The average molecular weight is 285 g/mol. The van der Waals surface area contributed by atoms with Gasteiger partial charge in [0.2, 0.25) is 5.78 Å². The largest absolute Gasteiger partial charge is 0.496 e. The van der Waals surface area contributed by atoms with Gasteiger partial charge in [-0.1, -0.05) is 11.6 Å². The first-order valence-corrected chi connectivity index (χ1v) is 6.44. The maximum absolute atomic E-state index is 11.1. The molecule has 108 valence electrons. The van der Waals surface area contributed by atoms with Gasteiger partial charge in [0.25, 0.3) is 0 Å². The number of carboxylic acid groups (broad SMARTS) is 1. The minimum atomic E-state index is -0.974. The van der Waals surface area contributed by atoms with Crippen LogP contribution in [0.3, 0.4) is 0 Å². The molecule has 1 N–H and O–H groups in total. The smallest absolute Gasteiger partial charge is 0.354 e. The fourth-order valence-electron chi connectivity index (χ4n) is 2.40. The van der Waals surface area contributed by atoms with Crippen molar-refractivity contribution >= 4 is 11.7 Å². The number of carboxylic acids is 1. The van der Waals surface area contributed by atoms with Crippen LogP contribution in [0.4, 0.5) is 0 Å². The summed E-state index contributed by atoms with van der Waals surface area (Å²) in [5, 5.41) is 9.11. The third-order valence-electron chi connectivity index (χ3n) is 3.49. The Morgan fingerprint density at radius 2 is 2.10 bits per heavy atom. The molecule has 2 heterocycles. The lowest BCUT2D eigenvalue weighted by atomic mass is 10.1. The highest BCUT2D eigenvalue weighted by Gasteiger charge is 2.16. The highest BCUT2D eigenvalue weighted by atomic mass is 16.5. The summed E-state index contributed by atoms with van der Waals surface area (Å²) in [5.74, 6) is 0.339. The van der Waals surface area contributed by atoms with E-state index < -0.39 is 5.97 Å². The van der Waals surface area contributed by atoms with Crippen LogP contribution in [0, 0.1) is 6.92 Å². The van der Waals surface area contributed by atoms with E-state index in [4.69, 9.17) is 9.84 Å². The minimum absolute atomic E-state index is 0.195. The molecule has 0 aliphatic rings. The van der Waals surface area contributed by atoms with Crippen LogP contribution in [0.1, 0.15) is 16.1 Å². The first-order chi connectivity index (χ1) is 10.0. The molecule has 0 radical (unpaired) electrons. The van der Waals surface area contributed by atoms with Crippen molar-refractivity contribution in [2.24, 2.45) is 7.05 Å². The van der Waals surface area contributed by atoms with Crippen molar-refractivity contribution in [2.75, 3.05) is 7.11 Å². The van der Waals surface area contributed by atoms with Gasteiger partial charge in [0.1, 0.15) is 11.4 Å². The Kier molecular flexibility index (Phi) is 2.94. The summed E-state index contributed by atoms with van der Waals surface area (Å²) < 4.78 is 8.63. The van der Waals surface area contributed by atoms with Crippen LogP contribution in [-0.4, -0.2) is 32.1 Å². The second-order valence-electron chi connectivity index (χ2n) is 4.92. The van der Waals surface area contributed by atoms with Gasteiger partial charge in [0.05, 0.1) is 12.8 Å². The van der Waals surface area contributed by atoms with Gasteiger partial charge in [-0.3, -0.25) is 4.40 Å². The zero-order chi connectivity index (χ0) is 15.1. The van der Waals surface area contributed by atoms with Crippen molar-refractivity contribution in [1.29, 1.82) is 0 Å². The number of rotatable bonds is 3. The predicted octanol–water partition coefficient (Wildman–Crippen LogP) is 2.36. The van der Waals surface area contributed by atoms with E-state index in [0.717, 1.165) is 22.6 Å². The first-order valence-electron chi connectivity index (χ1n) is 6.44. The van der Waals surface area contributed by atoms with Gasteiger partial charge in [-0.2, -0.15) is 0 Å². The zero-order valence-electron chi connectivity index (χ0n) is 12.0. The van der Waals surface area contributed by atoms with Gasteiger partial charge in [0, 0.05) is 25.0 Å². The molecule has 0 saturated heterocycles. The Labute approximate surface area is 121 Å². The lowest BCUT2D eigenvalue weighted by Gasteiger charge is -2.06. The van der Waals surface area contributed by atoms with Gasteiger partial charge in [-0.25, -0.2) is 9.78 Å². The number of aromatic nitrogens is 3. The predicted molar refractivity (Wildman–Crippen MR) is 77.8 cm³/mol. The Bertz CT molecular complexity index is 845. The maximum Gasteiger partial charge on any atom is 0.354 e. The van der Waals surface area contributed by atoms with Crippen LogP contribution in [0.15, 0.2) is 30.6 Å².